The first-order valence-corrected chi connectivity index (χ1v) is 6.99. The Morgan fingerprint density at radius 1 is 1.05 bits per heavy atom. The SMILES string of the molecule is O=C(Cc1ccc(Br)cc1F)c1c(F)cccc1Br. The number of hydrogen-bond donors (Lipinski definition) is 0. The monoisotopic (exact) mass is 388 g/mol. The van der Waals surface area contributed by atoms with Crippen LogP contribution in [0.4, 0.5) is 8.78 Å². The molecule has 19 heavy (non-hydrogen) atoms. The summed E-state index contributed by atoms with van der Waals surface area (Å²) in [5.41, 5.74) is 0.188. The fourth-order valence-electron chi connectivity index (χ4n) is 1.69. The number of ketones is 1. The van der Waals surface area contributed by atoms with E-state index in [1.54, 1.807) is 12.1 Å². The van der Waals surface area contributed by atoms with Gasteiger partial charge in [0.25, 0.3) is 0 Å². The third-order valence-corrected chi connectivity index (χ3v) is 3.76. The maximum absolute atomic E-state index is 13.6. The van der Waals surface area contributed by atoms with Gasteiger partial charge < -0.3 is 0 Å². The Labute approximate surface area is 125 Å². The second-order valence-corrected chi connectivity index (χ2v) is 5.70. The molecule has 98 valence electrons. The molecule has 2 aromatic rings. The number of carbonyl (C=O) groups excluding carboxylic acids is 1. The zero-order chi connectivity index (χ0) is 14.0. The van der Waals surface area contributed by atoms with Gasteiger partial charge in [0, 0.05) is 15.4 Å². The first-order valence-electron chi connectivity index (χ1n) is 5.40. The lowest BCUT2D eigenvalue weighted by atomic mass is 10.0. The van der Waals surface area contributed by atoms with Crippen LogP contribution in [0.2, 0.25) is 0 Å². The van der Waals surface area contributed by atoms with Crippen LogP contribution in [-0.4, -0.2) is 5.78 Å². The van der Waals surface area contributed by atoms with Crippen molar-refractivity contribution in [2.24, 2.45) is 0 Å². The van der Waals surface area contributed by atoms with E-state index < -0.39 is 17.4 Å². The van der Waals surface area contributed by atoms with Crippen LogP contribution < -0.4 is 0 Å². The molecule has 0 aliphatic rings. The van der Waals surface area contributed by atoms with Gasteiger partial charge in [-0.25, -0.2) is 8.78 Å². The fraction of sp³-hybridized carbons (Fsp3) is 0.0714. The van der Waals surface area contributed by atoms with Crippen molar-refractivity contribution in [1.82, 2.24) is 0 Å². The van der Waals surface area contributed by atoms with Crippen molar-refractivity contribution in [1.29, 1.82) is 0 Å². The summed E-state index contributed by atoms with van der Waals surface area (Å²) < 4.78 is 28.2. The minimum atomic E-state index is -0.614. The molecule has 5 heteroatoms. The molecule has 0 saturated heterocycles. The number of benzene rings is 2. The first-order chi connectivity index (χ1) is 8.99. The Balaban J connectivity index is 2.31. The molecule has 0 aliphatic carbocycles. The molecule has 0 radical (unpaired) electrons. The average Bonchev–Trinajstić information content (AvgIpc) is 2.32. The smallest absolute Gasteiger partial charge is 0.171 e. The molecule has 0 bridgehead atoms. The van der Waals surface area contributed by atoms with E-state index in [0.29, 0.717) is 8.95 Å². The van der Waals surface area contributed by atoms with E-state index in [1.807, 2.05) is 0 Å². The number of carbonyl (C=O) groups is 1. The number of rotatable bonds is 3. The summed E-state index contributed by atoms with van der Waals surface area (Å²) in [7, 11) is 0. The van der Waals surface area contributed by atoms with Gasteiger partial charge in [-0.3, -0.25) is 4.79 Å². The molecule has 2 aromatic carbocycles. The van der Waals surface area contributed by atoms with E-state index >= 15 is 0 Å². The highest BCUT2D eigenvalue weighted by Gasteiger charge is 2.17. The van der Waals surface area contributed by atoms with Crippen LogP contribution in [-0.2, 0) is 6.42 Å². The summed E-state index contributed by atoms with van der Waals surface area (Å²) in [6.45, 7) is 0. The molecule has 0 spiro atoms. The lowest BCUT2D eigenvalue weighted by Crippen LogP contribution is -2.08. The molecule has 0 saturated carbocycles. The third kappa shape index (κ3) is 3.28. The van der Waals surface area contributed by atoms with E-state index in [-0.39, 0.29) is 17.5 Å². The summed E-state index contributed by atoms with van der Waals surface area (Å²) in [5.74, 6) is -1.57. The van der Waals surface area contributed by atoms with Gasteiger partial charge in [0.1, 0.15) is 11.6 Å². The summed E-state index contributed by atoms with van der Waals surface area (Å²) in [6.07, 6.45) is -0.182. The molecular formula is C14H8Br2F2O. The van der Waals surface area contributed by atoms with E-state index in [9.17, 15) is 13.6 Å². The molecule has 0 N–H and O–H groups in total. The van der Waals surface area contributed by atoms with Gasteiger partial charge in [-0.2, -0.15) is 0 Å². The van der Waals surface area contributed by atoms with Crippen molar-refractivity contribution in [3.63, 3.8) is 0 Å². The maximum atomic E-state index is 13.6. The predicted molar refractivity (Wildman–Crippen MR) is 76.2 cm³/mol. The maximum Gasteiger partial charge on any atom is 0.171 e. The lowest BCUT2D eigenvalue weighted by molar-refractivity contribution is 0.0987. The lowest BCUT2D eigenvalue weighted by Gasteiger charge is -2.06. The molecule has 1 nitrogen and oxygen atoms in total. The van der Waals surface area contributed by atoms with E-state index in [1.165, 1.54) is 24.3 Å². The molecule has 2 rings (SSSR count). The second-order valence-electron chi connectivity index (χ2n) is 3.93. The van der Waals surface area contributed by atoms with Crippen molar-refractivity contribution in [2.45, 2.75) is 6.42 Å². The van der Waals surface area contributed by atoms with Gasteiger partial charge in [0.2, 0.25) is 0 Å². The summed E-state index contributed by atoms with van der Waals surface area (Å²) in [6, 6.07) is 8.70. The van der Waals surface area contributed by atoms with Crippen LogP contribution in [0, 0.1) is 11.6 Å². The molecule has 0 heterocycles. The molecule has 0 unspecified atom stereocenters. The Bertz CT molecular complexity index is 621. The Hall–Kier alpha value is -1.07. The summed E-state index contributed by atoms with van der Waals surface area (Å²) in [4.78, 5) is 12.0. The highest BCUT2D eigenvalue weighted by atomic mass is 79.9. The zero-order valence-corrected chi connectivity index (χ0v) is 12.8. The minimum absolute atomic E-state index is 0.0511. The third-order valence-electron chi connectivity index (χ3n) is 2.61. The molecule has 0 fully saturated rings. The second kappa shape index (κ2) is 5.92. The minimum Gasteiger partial charge on any atom is -0.294 e. The van der Waals surface area contributed by atoms with Crippen molar-refractivity contribution in [3.8, 4) is 0 Å². The van der Waals surface area contributed by atoms with Crippen molar-refractivity contribution < 1.29 is 13.6 Å². The van der Waals surface area contributed by atoms with Crippen LogP contribution in [0.5, 0.6) is 0 Å². The van der Waals surface area contributed by atoms with E-state index in [2.05, 4.69) is 31.9 Å². The molecule has 0 aliphatic heterocycles. The summed E-state index contributed by atoms with van der Waals surface area (Å²) >= 11 is 6.27. The quantitative estimate of drug-likeness (QED) is 0.681. The van der Waals surface area contributed by atoms with Gasteiger partial charge in [0.05, 0.1) is 5.56 Å². The van der Waals surface area contributed by atoms with Gasteiger partial charge in [-0.05, 0) is 45.8 Å². The fourth-order valence-corrected chi connectivity index (χ4v) is 2.59. The zero-order valence-electron chi connectivity index (χ0n) is 9.59. The van der Waals surface area contributed by atoms with Crippen molar-refractivity contribution in [3.05, 3.63) is 68.1 Å². The van der Waals surface area contributed by atoms with Crippen molar-refractivity contribution >= 4 is 37.6 Å². The molecule has 0 atom stereocenters. The molecular weight excluding hydrogens is 382 g/mol. The highest BCUT2D eigenvalue weighted by molar-refractivity contribution is 9.10. The normalized spacial score (nSPS) is 10.5. The summed E-state index contributed by atoms with van der Waals surface area (Å²) in [5, 5.41) is 0. The Morgan fingerprint density at radius 2 is 1.79 bits per heavy atom. The van der Waals surface area contributed by atoms with Gasteiger partial charge >= 0.3 is 0 Å². The van der Waals surface area contributed by atoms with Crippen LogP contribution in [0.3, 0.4) is 0 Å². The van der Waals surface area contributed by atoms with E-state index in [4.69, 9.17) is 0 Å². The van der Waals surface area contributed by atoms with Gasteiger partial charge in [-0.1, -0.05) is 28.1 Å². The Kier molecular flexibility index (Phi) is 4.47. The average molecular weight is 390 g/mol. The topological polar surface area (TPSA) is 17.1 Å². The predicted octanol–water partition coefficient (Wildman–Crippen LogP) is 4.92. The largest absolute Gasteiger partial charge is 0.294 e. The first kappa shape index (κ1) is 14.3. The standard InChI is InChI=1S/C14H8Br2F2O/c15-9-5-4-8(12(18)7-9)6-13(19)14-10(16)2-1-3-11(14)17/h1-5,7H,6H2. The van der Waals surface area contributed by atoms with Crippen LogP contribution in [0.25, 0.3) is 0 Å². The highest BCUT2D eigenvalue weighted by Crippen LogP contribution is 2.23. The van der Waals surface area contributed by atoms with Gasteiger partial charge in [0.15, 0.2) is 5.78 Å². The van der Waals surface area contributed by atoms with Crippen LogP contribution >= 0.6 is 31.9 Å². The van der Waals surface area contributed by atoms with E-state index in [0.717, 1.165) is 0 Å². The van der Waals surface area contributed by atoms with Crippen LogP contribution in [0.15, 0.2) is 45.3 Å². The van der Waals surface area contributed by atoms with Crippen molar-refractivity contribution in [2.75, 3.05) is 0 Å². The Morgan fingerprint density at radius 3 is 2.42 bits per heavy atom. The van der Waals surface area contributed by atoms with Crippen LogP contribution in [0.1, 0.15) is 15.9 Å². The number of hydrogen-bond acceptors (Lipinski definition) is 1. The van der Waals surface area contributed by atoms with Gasteiger partial charge in [-0.15, -0.1) is 0 Å². The molecule has 0 amide bonds. The number of halogens is 4. The number of Topliss-reactive ketones (excluding diaryl/α,β-unsaturated/α-hetero) is 1. The molecule has 0 aromatic heterocycles.